The van der Waals surface area contributed by atoms with Crippen molar-refractivity contribution >= 4 is 16.7 Å². The fourth-order valence-electron chi connectivity index (χ4n) is 7.50. The summed E-state index contributed by atoms with van der Waals surface area (Å²) >= 11 is 0. The molecule has 2 aromatic carbocycles. The topological polar surface area (TPSA) is 104 Å². The van der Waals surface area contributed by atoms with Crippen LogP contribution in [0.2, 0.25) is 0 Å². The first kappa shape index (κ1) is 36.7. The number of hydrogen-bond donors (Lipinski definition) is 0. The van der Waals surface area contributed by atoms with Crippen LogP contribution in [-0.2, 0) is 31.4 Å². The quantitative estimate of drug-likeness (QED) is 0.150. The molecule has 4 heterocycles. The van der Waals surface area contributed by atoms with Crippen molar-refractivity contribution in [1.29, 1.82) is 5.26 Å². The first-order valence-electron chi connectivity index (χ1n) is 17.7. The van der Waals surface area contributed by atoms with E-state index in [4.69, 9.17) is 9.47 Å². The van der Waals surface area contributed by atoms with Crippen LogP contribution in [-0.4, -0.2) is 83.8 Å². The molecule has 0 radical (unpaired) electrons. The van der Waals surface area contributed by atoms with E-state index in [2.05, 4.69) is 33.0 Å². The number of halogens is 1. The monoisotopic (exact) mass is 706 g/mol. The summed E-state index contributed by atoms with van der Waals surface area (Å²) in [6.07, 6.45) is 7.31. The maximum atomic E-state index is 13.5. The second kappa shape index (κ2) is 15.3. The summed E-state index contributed by atoms with van der Waals surface area (Å²) in [5.74, 6) is 1.12. The summed E-state index contributed by atoms with van der Waals surface area (Å²) in [4.78, 5) is 37.0. The first-order chi connectivity index (χ1) is 25.0. The van der Waals surface area contributed by atoms with Gasteiger partial charge in [0.25, 0.3) is 11.5 Å². The van der Waals surface area contributed by atoms with Crippen LogP contribution in [0.1, 0.15) is 49.1 Å². The number of alkyl halides is 1. The zero-order chi connectivity index (χ0) is 37.2. The number of pyridine rings is 2. The van der Waals surface area contributed by atoms with E-state index in [9.17, 15) is 19.2 Å². The number of nitrogens with zero attached hydrogens (tertiary/aromatic N) is 6. The zero-order valence-electron chi connectivity index (χ0n) is 30.9. The minimum atomic E-state index is -0.878. The summed E-state index contributed by atoms with van der Waals surface area (Å²) in [7, 11) is 5.09. The standard InChI is InChI=1S/C41H47FN6O4/c1-27-31-9-7-8-28(32(31)11-13-48(27)39(49)30(21-43)20-41(2,3)26-42)23-46-14-16-47(17-15-46)25-36-37(51-5)18-29(19-38(36)52-6)35-24-45(4)40(50)34-22-44-12-10-33(34)35/h7-10,12,18-20,22,24,27H,11,13-17,23,25-26H2,1-6H3/b30-20-. The van der Waals surface area contributed by atoms with Crippen molar-refractivity contribution in [2.45, 2.75) is 46.3 Å². The normalized spacial score (nSPS) is 17.2. The van der Waals surface area contributed by atoms with Gasteiger partial charge in [0, 0.05) is 82.4 Å². The van der Waals surface area contributed by atoms with Gasteiger partial charge in [-0.15, -0.1) is 0 Å². The Kier molecular flexibility index (Phi) is 10.8. The summed E-state index contributed by atoms with van der Waals surface area (Å²) in [5.41, 5.74) is 5.42. The number of amides is 1. The molecule has 1 saturated heterocycles. The Morgan fingerprint density at radius 2 is 1.71 bits per heavy atom. The number of methoxy groups -OCH3 is 2. The molecule has 4 aromatic rings. The van der Waals surface area contributed by atoms with Crippen molar-refractivity contribution in [3.8, 4) is 28.7 Å². The molecule has 0 aliphatic carbocycles. The van der Waals surface area contributed by atoms with Crippen molar-refractivity contribution in [2.24, 2.45) is 12.5 Å². The second-order valence-corrected chi connectivity index (χ2v) is 14.5. The highest BCUT2D eigenvalue weighted by Crippen LogP contribution is 2.38. The number of ether oxygens (including phenoxy) is 2. The Morgan fingerprint density at radius 3 is 2.35 bits per heavy atom. The number of aryl methyl sites for hydroxylation is 1. The minimum absolute atomic E-state index is 0.00570. The van der Waals surface area contributed by atoms with E-state index in [-0.39, 0.29) is 23.1 Å². The van der Waals surface area contributed by atoms with Gasteiger partial charge >= 0.3 is 0 Å². The summed E-state index contributed by atoms with van der Waals surface area (Å²) in [6.45, 7) is 10.2. The highest BCUT2D eigenvalue weighted by atomic mass is 19.1. The van der Waals surface area contributed by atoms with Gasteiger partial charge in [-0.25, -0.2) is 0 Å². The molecule has 1 amide bonds. The molecule has 1 fully saturated rings. The molecule has 0 N–H and O–H groups in total. The molecule has 11 heteroatoms. The van der Waals surface area contributed by atoms with Crippen LogP contribution in [0.3, 0.4) is 0 Å². The number of piperazine rings is 1. The summed E-state index contributed by atoms with van der Waals surface area (Å²) < 4.78 is 26.9. The number of rotatable bonds is 10. The highest BCUT2D eigenvalue weighted by molar-refractivity contribution is 5.98. The molecular formula is C41H47FN6O4. The maximum Gasteiger partial charge on any atom is 0.264 e. The van der Waals surface area contributed by atoms with Crippen LogP contribution in [0.4, 0.5) is 4.39 Å². The number of carbonyl (C=O) groups excluding carboxylic acids is 1. The van der Waals surface area contributed by atoms with Gasteiger partial charge in [0.05, 0.1) is 37.9 Å². The van der Waals surface area contributed by atoms with Crippen LogP contribution in [0, 0.1) is 16.7 Å². The Labute approximate surface area is 304 Å². The van der Waals surface area contributed by atoms with Crippen LogP contribution in [0.15, 0.2) is 71.4 Å². The zero-order valence-corrected chi connectivity index (χ0v) is 30.9. The largest absolute Gasteiger partial charge is 0.496 e. The molecule has 2 aliphatic rings. The second-order valence-electron chi connectivity index (χ2n) is 14.5. The van der Waals surface area contributed by atoms with Crippen molar-refractivity contribution in [1.82, 2.24) is 24.3 Å². The molecule has 2 aromatic heterocycles. The fraction of sp³-hybridized carbons (Fsp3) is 0.415. The average molecular weight is 707 g/mol. The fourth-order valence-corrected chi connectivity index (χ4v) is 7.50. The average Bonchev–Trinajstić information content (AvgIpc) is 3.16. The van der Waals surface area contributed by atoms with Crippen molar-refractivity contribution in [3.05, 3.63) is 99.2 Å². The molecule has 0 bridgehead atoms. The van der Waals surface area contributed by atoms with Gasteiger partial charge in [-0.3, -0.25) is 28.8 Å². The van der Waals surface area contributed by atoms with Crippen LogP contribution >= 0.6 is 0 Å². The number of fused-ring (bicyclic) bond motifs is 2. The van der Waals surface area contributed by atoms with E-state index in [0.29, 0.717) is 24.9 Å². The number of aromatic nitrogens is 2. The Hall–Kier alpha value is -5.05. The van der Waals surface area contributed by atoms with Gasteiger partial charge in [-0.2, -0.15) is 5.26 Å². The summed E-state index contributed by atoms with van der Waals surface area (Å²) in [5, 5.41) is 11.1. The molecule has 0 spiro atoms. The Bertz CT molecular complexity index is 2090. The molecular weight excluding hydrogens is 659 g/mol. The molecule has 1 unspecified atom stereocenters. The van der Waals surface area contributed by atoms with E-state index in [1.165, 1.54) is 17.2 Å². The van der Waals surface area contributed by atoms with E-state index < -0.39 is 12.1 Å². The number of allylic oxidation sites excluding steroid dienone is 1. The molecule has 6 rings (SSSR count). The molecule has 2 aliphatic heterocycles. The third-order valence-corrected chi connectivity index (χ3v) is 10.5. The molecule has 272 valence electrons. The SMILES string of the molecule is COc1cc(-c2cn(C)c(=O)c3cnccc23)cc(OC)c1CN1CCN(Cc2cccc3c2CCN(C(=O)/C(C#N)=C\C(C)(C)CF)C3C)CC1. The minimum Gasteiger partial charge on any atom is -0.496 e. The van der Waals surface area contributed by atoms with Gasteiger partial charge in [0.1, 0.15) is 23.1 Å². The van der Waals surface area contributed by atoms with E-state index in [0.717, 1.165) is 71.9 Å². The number of carbonyl (C=O) groups is 1. The lowest BCUT2D eigenvalue weighted by Crippen LogP contribution is -2.45. The van der Waals surface area contributed by atoms with E-state index >= 15 is 0 Å². The maximum absolute atomic E-state index is 13.5. The lowest BCUT2D eigenvalue weighted by Gasteiger charge is -2.38. The van der Waals surface area contributed by atoms with Crippen molar-refractivity contribution in [3.63, 3.8) is 0 Å². The van der Waals surface area contributed by atoms with Gasteiger partial charge in [-0.05, 0) is 59.2 Å². The van der Waals surface area contributed by atoms with Crippen LogP contribution in [0.5, 0.6) is 11.5 Å². The molecule has 0 saturated carbocycles. The van der Waals surface area contributed by atoms with E-state index in [1.807, 2.05) is 37.4 Å². The van der Waals surface area contributed by atoms with Gasteiger partial charge in [-0.1, -0.05) is 38.1 Å². The number of nitriles is 1. The Morgan fingerprint density at radius 1 is 1.04 bits per heavy atom. The van der Waals surface area contributed by atoms with Crippen LogP contribution < -0.4 is 15.0 Å². The van der Waals surface area contributed by atoms with Gasteiger partial charge < -0.3 is 18.9 Å². The lowest BCUT2D eigenvalue weighted by molar-refractivity contribution is -0.129. The van der Waals surface area contributed by atoms with Gasteiger partial charge in [0.15, 0.2) is 0 Å². The molecule has 1 atom stereocenters. The summed E-state index contributed by atoms with van der Waals surface area (Å²) in [6, 6.07) is 14.0. The number of benzene rings is 2. The third kappa shape index (κ3) is 7.31. The highest BCUT2D eigenvalue weighted by Gasteiger charge is 2.32. The third-order valence-electron chi connectivity index (χ3n) is 10.5. The predicted octanol–water partition coefficient (Wildman–Crippen LogP) is 5.83. The number of hydrogen-bond acceptors (Lipinski definition) is 8. The van der Waals surface area contributed by atoms with Crippen LogP contribution in [0.25, 0.3) is 21.9 Å². The van der Waals surface area contributed by atoms with Crippen molar-refractivity contribution < 1.29 is 18.7 Å². The Balaban J connectivity index is 1.14. The van der Waals surface area contributed by atoms with Crippen molar-refractivity contribution in [2.75, 3.05) is 53.6 Å². The van der Waals surface area contributed by atoms with Gasteiger partial charge in [0.2, 0.25) is 0 Å². The predicted molar refractivity (Wildman–Crippen MR) is 200 cm³/mol. The molecule has 10 nitrogen and oxygen atoms in total. The lowest BCUT2D eigenvalue weighted by atomic mass is 9.88. The molecule has 52 heavy (non-hydrogen) atoms. The van der Waals surface area contributed by atoms with E-state index in [1.54, 1.807) is 57.0 Å². The first-order valence-corrected chi connectivity index (χ1v) is 17.7. The smallest absolute Gasteiger partial charge is 0.264 e.